The number of Topliss-reactive ketones (excluding diaryl/α,β-unsaturated/α-hetero) is 1. The molecule has 1 aromatic heterocycles. The lowest BCUT2D eigenvalue weighted by Gasteiger charge is -2.29. The lowest BCUT2D eigenvalue weighted by molar-refractivity contribution is -0.890. The fraction of sp³-hybridized carbons (Fsp3) is 0.679. The summed E-state index contributed by atoms with van der Waals surface area (Å²) in [5.74, 6) is 0.933. The molecule has 1 unspecified atom stereocenters. The molecule has 0 radical (unpaired) electrons. The van der Waals surface area contributed by atoms with E-state index < -0.39 is 0 Å². The van der Waals surface area contributed by atoms with Gasteiger partial charge in [0.1, 0.15) is 24.7 Å². The van der Waals surface area contributed by atoms with Crippen LogP contribution in [0.2, 0.25) is 0 Å². The average Bonchev–Trinajstić information content (AvgIpc) is 3.37. The van der Waals surface area contributed by atoms with Crippen molar-refractivity contribution in [2.24, 2.45) is 0 Å². The van der Waals surface area contributed by atoms with Gasteiger partial charge in [0, 0.05) is 19.7 Å². The second kappa shape index (κ2) is 19.7. The van der Waals surface area contributed by atoms with Crippen molar-refractivity contribution in [2.45, 2.75) is 46.2 Å². The summed E-state index contributed by atoms with van der Waals surface area (Å²) < 4.78 is 24.5. The van der Waals surface area contributed by atoms with E-state index in [2.05, 4.69) is 29.7 Å². The van der Waals surface area contributed by atoms with Gasteiger partial charge in [-0.2, -0.15) is 0 Å². The predicted octanol–water partition coefficient (Wildman–Crippen LogP) is 2.40. The minimum absolute atomic E-state index is 0.136. The first-order chi connectivity index (χ1) is 18.3. The fourth-order valence-corrected chi connectivity index (χ4v) is 3.53. The summed E-state index contributed by atoms with van der Waals surface area (Å²) in [6.07, 6.45) is 3.50. The number of benzene rings is 1. The van der Waals surface area contributed by atoms with Gasteiger partial charge in [0.05, 0.1) is 72.0 Å². The Labute approximate surface area is 229 Å². The monoisotopic (exact) mass is 536 g/mol. The molecule has 10 nitrogen and oxygen atoms in total. The molecule has 0 saturated heterocycles. The maximum atomic E-state index is 11.6. The van der Waals surface area contributed by atoms with Crippen LogP contribution in [0.25, 0.3) is 0 Å². The van der Waals surface area contributed by atoms with Gasteiger partial charge in [-0.05, 0) is 38.1 Å². The van der Waals surface area contributed by atoms with Crippen molar-refractivity contribution in [2.75, 3.05) is 81.0 Å². The number of nitrogens with one attached hydrogen (secondary N) is 1. The summed E-state index contributed by atoms with van der Waals surface area (Å²) in [6, 6.07) is 7.71. The van der Waals surface area contributed by atoms with Crippen molar-refractivity contribution in [3.8, 4) is 5.75 Å². The highest BCUT2D eigenvalue weighted by Crippen LogP contribution is 2.14. The highest BCUT2D eigenvalue weighted by atomic mass is 16.5. The molecule has 1 aromatic carbocycles. The molecule has 0 bridgehead atoms. The van der Waals surface area contributed by atoms with Crippen LogP contribution in [0.15, 0.2) is 30.5 Å². The van der Waals surface area contributed by atoms with E-state index in [1.807, 2.05) is 49.0 Å². The molecule has 1 atom stereocenters. The highest BCUT2D eigenvalue weighted by Gasteiger charge is 2.16. The summed E-state index contributed by atoms with van der Waals surface area (Å²) in [5, 5.41) is 11.6. The number of hydrogen-bond donors (Lipinski definition) is 1. The number of ketones is 1. The Hall–Kier alpha value is -2.37. The van der Waals surface area contributed by atoms with Crippen molar-refractivity contribution in [1.82, 2.24) is 20.3 Å². The van der Waals surface area contributed by atoms with Crippen molar-refractivity contribution >= 4 is 5.78 Å². The lowest BCUT2D eigenvalue weighted by Crippen LogP contribution is -2.44. The van der Waals surface area contributed by atoms with E-state index in [0.717, 1.165) is 41.0 Å². The maximum Gasteiger partial charge on any atom is 0.147 e. The van der Waals surface area contributed by atoms with Crippen molar-refractivity contribution < 1.29 is 28.2 Å². The molecular formula is C28H50N5O5+. The number of nitrogens with zero attached hydrogens (tertiary/aromatic N) is 4. The summed E-state index contributed by atoms with van der Waals surface area (Å²) in [6.45, 7) is 11.7. The second-order valence-corrected chi connectivity index (χ2v) is 9.47. The fourth-order valence-electron chi connectivity index (χ4n) is 3.53. The molecule has 0 fully saturated rings. The van der Waals surface area contributed by atoms with Gasteiger partial charge < -0.3 is 28.7 Å². The normalized spacial score (nSPS) is 12.1. The van der Waals surface area contributed by atoms with Crippen LogP contribution in [0, 0.1) is 0 Å². The van der Waals surface area contributed by atoms with Crippen LogP contribution >= 0.6 is 0 Å². The van der Waals surface area contributed by atoms with Gasteiger partial charge in [-0.15, -0.1) is 5.10 Å². The van der Waals surface area contributed by atoms with E-state index in [0.29, 0.717) is 52.6 Å². The molecule has 216 valence electrons. The van der Waals surface area contributed by atoms with Gasteiger partial charge in [-0.3, -0.25) is 4.79 Å². The van der Waals surface area contributed by atoms with Crippen molar-refractivity contribution in [1.29, 1.82) is 0 Å². The van der Waals surface area contributed by atoms with Crippen LogP contribution in [-0.2, 0) is 38.4 Å². The van der Waals surface area contributed by atoms with E-state index in [-0.39, 0.29) is 11.8 Å². The van der Waals surface area contributed by atoms with Crippen molar-refractivity contribution in [3.05, 3.63) is 41.7 Å². The first-order valence-electron chi connectivity index (χ1n) is 13.6. The van der Waals surface area contributed by atoms with E-state index in [9.17, 15) is 4.79 Å². The zero-order valence-electron chi connectivity index (χ0n) is 24.6. The topological polar surface area (TPSA) is 96.7 Å². The van der Waals surface area contributed by atoms with Gasteiger partial charge in [0.15, 0.2) is 0 Å². The molecule has 0 aliphatic carbocycles. The highest BCUT2D eigenvalue weighted by molar-refractivity contribution is 5.81. The van der Waals surface area contributed by atoms with Crippen LogP contribution in [0.4, 0.5) is 0 Å². The summed E-state index contributed by atoms with van der Waals surface area (Å²) in [7, 11) is 7.86. The Morgan fingerprint density at radius 1 is 1.00 bits per heavy atom. The van der Waals surface area contributed by atoms with Crippen LogP contribution in [0.5, 0.6) is 5.75 Å². The van der Waals surface area contributed by atoms with Crippen molar-refractivity contribution in [3.63, 3.8) is 0 Å². The Kier molecular flexibility index (Phi) is 17.4. The molecule has 0 spiro atoms. The number of ether oxygens (including phenoxy) is 4. The zero-order chi connectivity index (χ0) is 28.2. The van der Waals surface area contributed by atoms with Gasteiger partial charge >= 0.3 is 0 Å². The summed E-state index contributed by atoms with van der Waals surface area (Å²) in [4.78, 5) is 11.6. The van der Waals surface area contributed by atoms with Crippen LogP contribution < -0.4 is 10.1 Å². The number of hydrogen-bond acceptors (Lipinski definition) is 8. The minimum atomic E-state index is -0.160. The Bertz CT molecular complexity index is 873. The third kappa shape index (κ3) is 14.5. The minimum Gasteiger partial charge on any atom is -0.492 e. The third-order valence-electron chi connectivity index (χ3n) is 6.00. The Balaban J connectivity index is 0.00000352. The molecule has 0 aliphatic heterocycles. The van der Waals surface area contributed by atoms with Gasteiger partial charge in [0.2, 0.25) is 0 Å². The van der Waals surface area contributed by atoms with E-state index >= 15 is 0 Å². The van der Waals surface area contributed by atoms with E-state index in [1.54, 1.807) is 21.1 Å². The largest absolute Gasteiger partial charge is 0.492 e. The number of rotatable bonds is 20. The van der Waals surface area contributed by atoms with Crippen LogP contribution in [0.3, 0.4) is 0 Å². The van der Waals surface area contributed by atoms with Gasteiger partial charge in [-0.1, -0.05) is 31.2 Å². The number of aromatic nitrogens is 3. The lowest BCUT2D eigenvalue weighted by atomic mass is 10.0. The molecular weight excluding hydrogens is 486 g/mol. The summed E-state index contributed by atoms with van der Waals surface area (Å²) >= 11 is 0. The molecule has 0 aliphatic rings. The zero-order valence-corrected chi connectivity index (χ0v) is 24.6. The molecule has 1 heterocycles. The Morgan fingerprint density at radius 2 is 1.66 bits per heavy atom. The number of likely N-dealkylation sites (N-methyl/N-ethyl adjacent to an activating group) is 2. The summed E-state index contributed by atoms with van der Waals surface area (Å²) in [5.41, 5.74) is 2.07. The van der Waals surface area contributed by atoms with Gasteiger partial charge in [-0.25, -0.2) is 4.68 Å². The quantitative estimate of drug-likeness (QED) is 0.204. The molecule has 0 amide bonds. The smallest absolute Gasteiger partial charge is 0.147 e. The average molecular weight is 537 g/mol. The van der Waals surface area contributed by atoms with Crippen LogP contribution in [0.1, 0.15) is 32.0 Å². The van der Waals surface area contributed by atoms with E-state index in [1.165, 1.54) is 0 Å². The second-order valence-electron chi connectivity index (χ2n) is 9.47. The molecule has 38 heavy (non-hydrogen) atoms. The molecule has 0 saturated carbocycles. The molecule has 10 heteroatoms. The SMILES string of the molecule is CC.CNC(Cc1ccc(OCCn2cc(CC[N+](C)(C)CCOCCOCCOC)nn2)cc1)C(C)=O. The number of carbonyl (C=O) groups excluding carboxylic acids is 1. The van der Waals surface area contributed by atoms with E-state index in [4.69, 9.17) is 18.9 Å². The maximum absolute atomic E-state index is 11.6. The van der Waals surface area contributed by atoms with Crippen LogP contribution in [-0.4, -0.2) is 112 Å². The number of quaternary nitrogens is 1. The first-order valence-corrected chi connectivity index (χ1v) is 13.6. The number of methoxy groups -OCH3 is 1. The Morgan fingerprint density at radius 3 is 2.29 bits per heavy atom. The third-order valence-corrected chi connectivity index (χ3v) is 6.00. The molecule has 2 rings (SSSR count). The first kappa shape index (κ1) is 33.7. The molecule has 2 aromatic rings. The standard InChI is InChI=1S/C26H44N5O5.C2H6/c1-22(32)26(27-2)20-23-6-8-25(9-7-23)36-14-11-30-21-24(28-29-30)10-12-31(3,4)13-15-34-18-19-35-17-16-33-5;1-2/h6-9,21,26-27H,10-20H2,1-5H3;1-2H3/q+1;. The molecule has 1 N–H and O–H groups in total. The predicted molar refractivity (Wildman–Crippen MR) is 150 cm³/mol. The van der Waals surface area contributed by atoms with Gasteiger partial charge in [0.25, 0.3) is 0 Å². The number of carbonyl (C=O) groups is 1.